The number of hydrogen-bond donors (Lipinski definition) is 1. The van der Waals surface area contributed by atoms with Gasteiger partial charge in [0.15, 0.2) is 5.13 Å². The van der Waals surface area contributed by atoms with Crippen LogP contribution in [0.15, 0.2) is 59.5 Å². The predicted molar refractivity (Wildman–Crippen MR) is 128 cm³/mol. The summed E-state index contributed by atoms with van der Waals surface area (Å²) in [5.41, 5.74) is 2.29. The average molecular weight is 448 g/mol. The molecular formula is C25H25N3O3S. The number of amides is 1. The molecule has 0 aliphatic rings. The molecule has 3 aromatic rings. The van der Waals surface area contributed by atoms with Crippen LogP contribution in [0.25, 0.3) is 17.3 Å². The van der Waals surface area contributed by atoms with Gasteiger partial charge < -0.3 is 9.47 Å². The Balaban J connectivity index is 1.69. The van der Waals surface area contributed by atoms with Crippen LogP contribution in [0.2, 0.25) is 0 Å². The fourth-order valence-corrected chi connectivity index (χ4v) is 3.59. The molecule has 6 nitrogen and oxygen atoms in total. The number of carbonyl (C=O) groups excluding carboxylic acids is 1. The maximum absolute atomic E-state index is 12.6. The Kier molecular flexibility index (Phi) is 8.41. The van der Waals surface area contributed by atoms with Gasteiger partial charge in [-0.2, -0.15) is 5.26 Å². The minimum atomic E-state index is -0.505. The Labute approximate surface area is 192 Å². The highest BCUT2D eigenvalue weighted by Crippen LogP contribution is 2.32. The Hall–Kier alpha value is -3.63. The van der Waals surface area contributed by atoms with Gasteiger partial charge >= 0.3 is 0 Å². The van der Waals surface area contributed by atoms with Crippen molar-refractivity contribution in [2.45, 2.75) is 26.7 Å². The lowest BCUT2D eigenvalue weighted by molar-refractivity contribution is -0.112. The monoisotopic (exact) mass is 447 g/mol. The molecule has 0 unspecified atom stereocenters. The fraction of sp³-hybridized carbons (Fsp3) is 0.240. The highest BCUT2D eigenvalue weighted by atomic mass is 32.1. The first-order valence-corrected chi connectivity index (χ1v) is 11.4. The van der Waals surface area contributed by atoms with Crippen LogP contribution in [0, 0.1) is 11.3 Å². The zero-order valence-corrected chi connectivity index (χ0v) is 18.9. The van der Waals surface area contributed by atoms with E-state index < -0.39 is 5.91 Å². The van der Waals surface area contributed by atoms with Crippen molar-refractivity contribution in [3.63, 3.8) is 0 Å². The molecule has 1 N–H and O–H groups in total. The molecular weight excluding hydrogens is 422 g/mol. The number of nitriles is 1. The highest BCUT2D eigenvalue weighted by Gasteiger charge is 2.14. The average Bonchev–Trinajstić information content (AvgIpc) is 3.27. The smallest absolute Gasteiger partial charge is 0.268 e. The molecule has 2 aromatic carbocycles. The molecule has 164 valence electrons. The minimum absolute atomic E-state index is 0.00359. The molecule has 1 heterocycles. The molecule has 1 aromatic heterocycles. The molecule has 0 fully saturated rings. The summed E-state index contributed by atoms with van der Waals surface area (Å²) in [6.07, 6.45) is 3.61. The number of anilines is 1. The van der Waals surface area contributed by atoms with Gasteiger partial charge in [-0.05, 0) is 49.2 Å². The summed E-state index contributed by atoms with van der Waals surface area (Å²) in [6, 6.07) is 16.9. The van der Waals surface area contributed by atoms with Gasteiger partial charge in [-0.15, -0.1) is 11.3 Å². The number of nitrogens with one attached hydrogen (secondary N) is 1. The molecule has 1 amide bonds. The van der Waals surface area contributed by atoms with Crippen LogP contribution in [0.4, 0.5) is 5.13 Å². The second-order valence-electron chi connectivity index (χ2n) is 6.86. The van der Waals surface area contributed by atoms with Crippen molar-refractivity contribution in [2.24, 2.45) is 0 Å². The van der Waals surface area contributed by atoms with E-state index in [9.17, 15) is 10.1 Å². The Morgan fingerprint density at radius 3 is 2.66 bits per heavy atom. The van der Waals surface area contributed by atoms with Crippen LogP contribution < -0.4 is 14.8 Å². The first kappa shape index (κ1) is 23.0. The Morgan fingerprint density at radius 2 is 1.94 bits per heavy atom. The van der Waals surface area contributed by atoms with Crippen LogP contribution in [0.5, 0.6) is 11.5 Å². The van der Waals surface area contributed by atoms with Gasteiger partial charge in [-0.3, -0.25) is 10.1 Å². The Morgan fingerprint density at radius 1 is 1.16 bits per heavy atom. The van der Waals surface area contributed by atoms with E-state index >= 15 is 0 Å². The summed E-state index contributed by atoms with van der Waals surface area (Å²) in [6.45, 7) is 5.25. The lowest BCUT2D eigenvalue weighted by atomic mass is 10.1. The molecule has 3 rings (SSSR count). The fourth-order valence-electron chi connectivity index (χ4n) is 2.89. The summed E-state index contributed by atoms with van der Waals surface area (Å²) in [7, 11) is 0. The molecule has 0 aliphatic heterocycles. The number of nitrogens with zero attached hydrogens (tertiary/aromatic N) is 2. The second-order valence-corrected chi connectivity index (χ2v) is 7.72. The molecule has 0 radical (unpaired) electrons. The quantitative estimate of drug-likeness (QED) is 0.236. The van der Waals surface area contributed by atoms with Gasteiger partial charge in [0.05, 0.1) is 18.9 Å². The van der Waals surface area contributed by atoms with Gasteiger partial charge in [-0.25, -0.2) is 4.98 Å². The number of unbranched alkanes of at least 4 members (excludes halogenated alkanes) is 1. The predicted octanol–water partition coefficient (Wildman–Crippen LogP) is 5.93. The van der Waals surface area contributed by atoms with E-state index in [4.69, 9.17) is 9.47 Å². The molecule has 0 spiro atoms. The topological polar surface area (TPSA) is 84.2 Å². The lowest BCUT2D eigenvalue weighted by Crippen LogP contribution is -2.13. The molecule has 0 atom stereocenters. The van der Waals surface area contributed by atoms with Gasteiger partial charge in [-0.1, -0.05) is 37.6 Å². The second kappa shape index (κ2) is 11.7. The zero-order chi connectivity index (χ0) is 22.8. The van der Waals surface area contributed by atoms with E-state index in [1.807, 2.05) is 66.9 Å². The van der Waals surface area contributed by atoms with E-state index in [-0.39, 0.29) is 5.57 Å². The first-order valence-electron chi connectivity index (χ1n) is 10.5. The third-order valence-corrected chi connectivity index (χ3v) is 5.27. The van der Waals surface area contributed by atoms with E-state index in [0.29, 0.717) is 24.0 Å². The van der Waals surface area contributed by atoms with Crippen molar-refractivity contribution in [1.82, 2.24) is 4.98 Å². The van der Waals surface area contributed by atoms with Crippen LogP contribution in [0.3, 0.4) is 0 Å². The molecule has 32 heavy (non-hydrogen) atoms. The molecule has 0 aliphatic carbocycles. The summed E-state index contributed by atoms with van der Waals surface area (Å²) in [5.74, 6) is 0.994. The first-order chi connectivity index (χ1) is 15.6. The summed E-state index contributed by atoms with van der Waals surface area (Å²) >= 11 is 1.29. The van der Waals surface area contributed by atoms with Gasteiger partial charge in [0, 0.05) is 10.9 Å². The SMILES string of the molecule is CCCCOc1ccc(/C=C(\C#N)C(=O)Nc2nc(-c3ccccc3OCC)cs2)cc1. The third-order valence-electron chi connectivity index (χ3n) is 4.51. The largest absolute Gasteiger partial charge is 0.494 e. The van der Waals surface area contributed by atoms with Crippen molar-refractivity contribution in [1.29, 1.82) is 5.26 Å². The van der Waals surface area contributed by atoms with Crippen LogP contribution >= 0.6 is 11.3 Å². The zero-order valence-electron chi connectivity index (χ0n) is 18.1. The number of benzene rings is 2. The van der Waals surface area contributed by atoms with Crippen LogP contribution in [-0.4, -0.2) is 24.1 Å². The van der Waals surface area contributed by atoms with E-state index in [2.05, 4.69) is 17.2 Å². The molecule has 0 saturated heterocycles. The summed E-state index contributed by atoms with van der Waals surface area (Å²) < 4.78 is 11.3. The number of ether oxygens (including phenoxy) is 2. The van der Waals surface area contributed by atoms with E-state index in [0.717, 1.165) is 35.5 Å². The minimum Gasteiger partial charge on any atom is -0.494 e. The third kappa shape index (κ3) is 6.19. The van der Waals surface area contributed by atoms with Gasteiger partial charge in [0.2, 0.25) is 0 Å². The maximum atomic E-state index is 12.6. The van der Waals surface area contributed by atoms with Crippen molar-refractivity contribution < 1.29 is 14.3 Å². The molecule has 0 bridgehead atoms. The number of thiazole rings is 1. The van der Waals surface area contributed by atoms with Crippen molar-refractivity contribution in [3.8, 4) is 28.8 Å². The van der Waals surface area contributed by atoms with E-state index in [1.165, 1.54) is 11.3 Å². The van der Waals surface area contributed by atoms with Gasteiger partial charge in [0.25, 0.3) is 5.91 Å². The number of aromatic nitrogens is 1. The van der Waals surface area contributed by atoms with Crippen molar-refractivity contribution >= 4 is 28.5 Å². The summed E-state index contributed by atoms with van der Waals surface area (Å²) in [5, 5.41) is 14.4. The highest BCUT2D eigenvalue weighted by molar-refractivity contribution is 7.14. The number of carbonyl (C=O) groups is 1. The number of para-hydroxylation sites is 1. The standard InChI is InChI=1S/C25H25N3O3S/c1-3-5-14-31-20-12-10-18(11-13-20)15-19(16-26)24(29)28-25-27-22(17-32-25)21-8-6-7-9-23(21)30-4-2/h6-13,15,17H,3-5,14H2,1-2H3,(H,27,28,29)/b19-15+. The lowest BCUT2D eigenvalue weighted by Gasteiger charge is -2.07. The molecule has 0 saturated carbocycles. The number of rotatable bonds is 10. The normalized spacial score (nSPS) is 11.0. The van der Waals surface area contributed by atoms with Crippen molar-refractivity contribution in [3.05, 3.63) is 65.0 Å². The van der Waals surface area contributed by atoms with Gasteiger partial charge in [0.1, 0.15) is 23.1 Å². The number of hydrogen-bond acceptors (Lipinski definition) is 6. The van der Waals surface area contributed by atoms with Crippen LogP contribution in [-0.2, 0) is 4.79 Å². The van der Waals surface area contributed by atoms with E-state index in [1.54, 1.807) is 6.08 Å². The Bertz CT molecular complexity index is 1110. The van der Waals surface area contributed by atoms with Crippen LogP contribution in [0.1, 0.15) is 32.3 Å². The molecule has 7 heteroatoms. The summed E-state index contributed by atoms with van der Waals surface area (Å²) in [4.78, 5) is 17.1. The maximum Gasteiger partial charge on any atom is 0.268 e. The van der Waals surface area contributed by atoms with Crippen molar-refractivity contribution in [2.75, 3.05) is 18.5 Å².